The summed E-state index contributed by atoms with van der Waals surface area (Å²) in [6, 6.07) is 4.56. The maximum atomic E-state index is 13.1. The fourth-order valence-corrected chi connectivity index (χ4v) is 1.61. The highest BCUT2D eigenvalue weighted by Crippen LogP contribution is 2.21. The van der Waals surface area contributed by atoms with Crippen molar-refractivity contribution in [2.75, 3.05) is 6.61 Å². The monoisotopic (exact) mass is 237 g/mol. The molecule has 1 rings (SSSR count). The van der Waals surface area contributed by atoms with Crippen LogP contribution in [-0.4, -0.2) is 12.6 Å². The van der Waals surface area contributed by atoms with Gasteiger partial charge in [0.25, 0.3) is 0 Å². The van der Waals surface area contributed by atoms with Crippen molar-refractivity contribution in [3.05, 3.63) is 42.2 Å². The molecule has 1 aromatic rings. The number of unbranched alkanes of at least 4 members (excludes halogenated alkanes) is 1. The van der Waals surface area contributed by atoms with E-state index in [1.807, 2.05) is 13.0 Å². The van der Waals surface area contributed by atoms with E-state index in [0.29, 0.717) is 13.0 Å². The molecule has 0 radical (unpaired) electrons. The molecular formula is C14H20FNO. The summed E-state index contributed by atoms with van der Waals surface area (Å²) in [5, 5.41) is 0. The number of allylic oxidation sites excluding steroid dienone is 1. The minimum atomic E-state index is -0.251. The van der Waals surface area contributed by atoms with Crippen molar-refractivity contribution >= 4 is 0 Å². The van der Waals surface area contributed by atoms with Crippen LogP contribution in [0.15, 0.2) is 30.9 Å². The number of nitrogens with two attached hydrogens (primary N) is 1. The third kappa shape index (κ3) is 5.00. The van der Waals surface area contributed by atoms with Crippen LogP contribution in [0.2, 0.25) is 0 Å². The molecule has 0 saturated heterocycles. The van der Waals surface area contributed by atoms with Crippen molar-refractivity contribution in [2.45, 2.75) is 32.2 Å². The molecule has 2 N–H and O–H groups in total. The van der Waals surface area contributed by atoms with Gasteiger partial charge in [-0.15, -0.1) is 6.58 Å². The van der Waals surface area contributed by atoms with Crippen LogP contribution >= 0.6 is 0 Å². The van der Waals surface area contributed by atoms with E-state index in [9.17, 15) is 4.39 Å². The number of hydrogen-bond donors (Lipinski definition) is 1. The number of rotatable bonds is 7. The summed E-state index contributed by atoms with van der Waals surface area (Å²) in [5.74, 6) is 0.479. The van der Waals surface area contributed by atoms with E-state index in [2.05, 4.69) is 6.58 Å². The maximum Gasteiger partial charge on any atom is 0.123 e. The Bertz CT molecular complexity index is 363. The highest BCUT2D eigenvalue weighted by Gasteiger charge is 2.07. The molecule has 0 aliphatic heterocycles. The van der Waals surface area contributed by atoms with E-state index < -0.39 is 0 Å². The van der Waals surface area contributed by atoms with E-state index in [4.69, 9.17) is 10.5 Å². The van der Waals surface area contributed by atoms with Gasteiger partial charge in [-0.05, 0) is 49.9 Å². The fourth-order valence-electron chi connectivity index (χ4n) is 1.61. The molecule has 0 bridgehead atoms. The predicted molar refractivity (Wildman–Crippen MR) is 68.7 cm³/mol. The van der Waals surface area contributed by atoms with E-state index in [1.165, 1.54) is 12.1 Å². The van der Waals surface area contributed by atoms with Gasteiger partial charge < -0.3 is 10.5 Å². The normalized spacial score (nSPS) is 12.2. The Labute approximate surface area is 102 Å². The van der Waals surface area contributed by atoms with Crippen molar-refractivity contribution in [3.8, 4) is 5.75 Å². The Morgan fingerprint density at radius 3 is 2.94 bits per heavy atom. The summed E-state index contributed by atoms with van der Waals surface area (Å²) < 4.78 is 18.8. The zero-order valence-electron chi connectivity index (χ0n) is 10.3. The average molecular weight is 237 g/mol. The second kappa shape index (κ2) is 7.07. The summed E-state index contributed by atoms with van der Waals surface area (Å²) >= 11 is 0. The number of benzene rings is 1. The molecular weight excluding hydrogens is 217 g/mol. The van der Waals surface area contributed by atoms with Gasteiger partial charge in [0.1, 0.15) is 11.6 Å². The topological polar surface area (TPSA) is 35.2 Å². The van der Waals surface area contributed by atoms with Crippen molar-refractivity contribution in [1.29, 1.82) is 0 Å². The molecule has 2 nitrogen and oxygen atoms in total. The van der Waals surface area contributed by atoms with Crippen LogP contribution in [0, 0.1) is 5.82 Å². The lowest BCUT2D eigenvalue weighted by Gasteiger charge is -2.13. The van der Waals surface area contributed by atoms with Crippen LogP contribution in [-0.2, 0) is 6.42 Å². The van der Waals surface area contributed by atoms with Crippen LogP contribution in [0.5, 0.6) is 5.75 Å². The first-order valence-electron chi connectivity index (χ1n) is 5.91. The van der Waals surface area contributed by atoms with Crippen LogP contribution in [0.25, 0.3) is 0 Å². The zero-order valence-corrected chi connectivity index (χ0v) is 10.3. The lowest BCUT2D eigenvalue weighted by molar-refractivity contribution is 0.308. The summed E-state index contributed by atoms with van der Waals surface area (Å²) in [7, 11) is 0. The predicted octanol–water partition coefficient (Wildman–Crippen LogP) is 3.06. The third-order valence-electron chi connectivity index (χ3n) is 2.37. The molecule has 0 aliphatic carbocycles. The van der Waals surface area contributed by atoms with E-state index in [0.717, 1.165) is 24.2 Å². The number of ether oxygens (including phenoxy) is 1. The second-order valence-electron chi connectivity index (χ2n) is 4.21. The third-order valence-corrected chi connectivity index (χ3v) is 2.37. The smallest absolute Gasteiger partial charge is 0.123 e. The van der Waals surface area contributed by atoms with Crippen LogP contribution in [0.3, 0.4) is 0 Å². The fraction of sp³-hybridized carbons (Fsp3) is 0.429. The first-order valence-corrected chi connectivity index (χ1v) is 5.91. The lowest BCUT2D eigenvalue weighted by atomic mass is 10.1. The van der Waals surface area contributed by atoms with Gasteiger partial charge in [0.2, 0.25) is 0 Å². The van der Waals surface area contributed by atoms with Gasteiger partial charge in [0.05, 0.1) is 6.61 Å². The van der Waals surface area contributed by atoms with Crippen molar-refractivity contribution in [3.63, 3.8) is 0 Å². The SMILES string of the molecule is C=CCCCOc1ccc(F)cc1CC(C)N. The first kappa shape index (κ1) is 13.7. The standard InChI is InChI=1S/C14H20FNO/c1-3-4-5-8-17-14-7-6-13(15)10-12(14)9-11(2)16/h3,6-7,10-11H,1,4-5,8-9,16H2,2H3. The van der Waals surface area contributed by atoms with Crippen molar-refractivity contribution < 1.29 is 9.13 Å². The van der Waals surface area contributed by atoms with Gasteiger partial charge in [0.15, 0.2) is 0 Å². The minimum Gasteiger partial charge on any atom is -0.493 e. The Kier molecular flexibility index (Phi) is 5.70. The second-order valence-corrected chi connectivity index (χ2v) is 4.21. The molecule has 0 heterocycles. The van der Waals surface area contributed by atoms with E-state index in [-0.39, 0.29) is 11.9 Å². The number of hydrogen-bond acceptors (Lipinski definition) is 2. The van der Waals surface area contributed by atoms with Gasteiger partial charge in [-0.1, -0.05) is 6.08 Å². The first-order chi connectivity index (χ1) is 8.13. The molecule has 1 aromatic carbocycles. The van der Waals surface area contributed by atoms with Gasteiger partial charge in [-0.2, -0.15) is 0 Å². The lowest BCUT2D eigenvalue weighted by Crippen LogP contribution is -2.18. The molecule has 1 atom stereocenters. The number of halogens is 1. The van der Waals surface area contributed by atoms with Crippen LogP contribution in [0.1, 0.15) is 25.3 Å². The Morgan fingerprint density at radius 1 is 1.53 bits per heavy atom. The van der Waals surface area contributed by atoms with Gasteiger partial charge >= 0.3 is 0 Å². The van der Waals surface area contributed by atoms with Crippen LogP contribution in [0.4, 0.5) is 4.39 Å². The summed E-state index contributed by atoms with van der Waals surface area (Å²) in [5.41, 5.74) is 6.56. The van der Waals surface area contributed by atoms with Gasteiger partial charge in [-0.3, -0.25) is 0 Å². The summed E-state index contributed by atoms with van der Waals surface area (Å²) in [4.78, 5) is 0. The average Bonchev–Trinajstić information content (AvgIpc) is 2.26. The zero-order chi connectivity index (χ0) is 12.7. The minimum absolute atomic E-state index is 0.00711. The highest BCUT2D eigenvalue weighted by atomic mass is 19.1. The highest BCUT2D eigenvalue weighted by molar-refractivity contribution is 5.34. The molecule has 0 aromatic heterocycles. The van der Waals surface area contributed by atoms with Gasteiger partial charge in [0, 0.05) is 6.04 Å². The van der Waals surface area contributed by atoms with E-state index in [1.54, 1.807) is 6.07 Å². The molecule has 0 saturated carbocycles. The quantitative estimate of drug-likeness (QED) is 0.584. The molecule has 1 unspecified atom stereocenters. The largest absolute Gasteiger partial charge is 0.493 e. The molecule has 0 spiro atoms. The molecule has 0 fully saturated rings. The maximum absolute atomic E-state index is 13.1. The van der Waals surface area contributed by atoms with Crippen molar-refractivity contribution in [1.82, 2.24) is 0 Å². The molecule has 0 amide bonds. The molecule has 0 aliphatic rings. The van der Waals surface area contributed by atoms with Crippen molar-refractivity contribution in [2.24, 2.45) is 5.73 Å². The summed E-state index contributed by atoms with van der Waals surface area (Å²) in [6.45, 7) is 6.16. The Balaban J connectivity index is 2.65. The Hall–Kier alpha value is -1.35. The summed E-state index contributed by atoms with van der Waals surface area (Å²) in [6.07, 6.45) is 4.31. The van der Waals surface area contributed by atoms with Crippen LogP contribution < -0.4 is 10.5 Å². The van der Waals surface area contributed by atoms with Gasteiger partial charge in [-0.25, -0.2) is 4.39 Å². The van der Waals surface area contributed by atoms with E-state index >= 15 is 0 Å². The molecule has 3 heteroatoms. The molecule has 17 heavy (non-hydrogen) atoms. The Morgan fingerprint density at radius 2 is 2.29 bits per heavy atom. The molecule has 94 valence electrons.